The van der Waals surface area contributed by atoms with E-state index >= 15 is 0 Å². The van der Waals surface area contributed by atoms with Crippen LogP contribution in [0.1, 0.15) is 15.9 Å². The van der Waals surface area contributed by atoms with Crippen LogP contribution in [0.15, 0.2) is 30.3 Å². The number of halogens is 2. The quantitative estimate of drug-likeness (QED) is 0.751. The molecule has 0 saturated carbocycles. The molecule has 1 aromatic heterocycles. The molecule has 0 saturated heterocycles. The second kappa shape index (κ2) is 5.54. The molecule has 0 aliphatic carbocycles. The van der Waals surface area contributed by atoms with Crippen molar-refractivity contribution in [2.24, 2.45) is 0 Å². The van der Waals surface area contributed by atoms with Crippen LogP contribution in [0.2, 0.25) is 10.3 Å². The Kier molecular flexibility index (Phi) is 3.74. The summed E-state index contributed by atoms with van der Waals surface area (Å²) in [5.41, 5.74) is 2.24. The summed E-state index contributed by atoms with van der Waals surface area (Å²) in [6.45, 7) is 2.91. The van der Waals surface area contributed by atoms with Crippen LogP contribution in [0, 0.1) is 6.92 Å². The molecule has 21 heavy (non-hydrogen) atoms. The molecule has 1 amide bonds. The first-order chi connectivity index (χ1) is 10.0. The number of fused-ring (bicyclic) bond motifs is 1. The van der Waals surface area contributed by atoms with Gasteiger partial charge in [-0.2, -0.15) is 0 Å². The van der Waals surface area contributed by atoms with Crippen molar-refractivity contribution >= 4 is 34.8 Å². The number of carbonyl (C=O) groups excluding carboxylic acids is 1. The number of aryl methyl sites for hydroxylation is 1. The first-order valence-corrected chi connectivity index (χ1v) is 7.18. The second-order valence-electron chi connectivity index (χ2n) is 4.78. The molecule has 0 bridgehead atoms. The van der Waals surface area contributed by atoms with Gasteiger partial charge in [0.1, 0.15) is 22.7 Å². The van der Waals surface area contributed by atoms with Gasteiger partial charge in [-0.15, -0.1) is 0 Å². The van der Waals surface area contributed by atoms with Gasteiger partial charge in [-0.05, 0) is 36.8 Å². The minimum absolute atomic E-state index is 0.172. The topological polar surface area (TPSA) is 42.4 Å². The number of aromatic nitrogens is 1. The molecule has 0 N–H and O–H groups in total. The van der Waals surface area contributed by atoms with E-state index in [9.17, 15) is 4.79 Å². The number of nitrogens with zero attached hydrogens (tertiary/aromatic N) is 2. The normalized spacial score (nSPS) is 13.6. The Hall–Kier alpha value is -1.78. The second-order valence-corrected chi connectivity index (χ2v) is 5.55. The third kappa shape index (κ3) is 2.82. The standard InChI is InChI=1S/C15H12Cl2N2O2/c1-9-2-3-11-12(6-9)21-5-4-19(11)15(20)10-7-13(16)18-14(17)8-10/h2-3,6-8H,4-5H2,1H3. The van der Waals surface area contributed by atoms with Gasteiger partial charge in [-0.25, -0.2) is 4.98 Å². The molecule has 1 aliphatic rings. The van der Waals surface area contributed by atoms with Crippen LogP contribution in [0.25, 0.3) is 0 Å². The Morgan fingerprint density at radius 1 is 1.24 bits per heavy atom. The summed E-state index contributed by atoms with van der Waals surface area (Å²) in [5.74, 6) is 0.537. The number of amides is 1. The summed E-state index contributed by atoms with van der Waals surface area (Å²) in [7, 11) is 0. The molecule has 0 fully saturated rings. The number of benzene rings is 1. The lowest BCUT2D eigenvalue weighted by Crippen LogP contribution is -2.38. The van der Waals surface area contributed by atoms with Crippen LogP contribution in [0.3, 0.4) is 0 Å². The molecule has 6 heteroatoms. The van der Waals surface area contributed by atoms with Gasteiger partial charge in [0, 0.05) is 5.56 Å². The van der Waals surface area contributed by atoms with E-state index < -0.39 is 0 Å². The van der Waals surface area contributed by atoms with Crippen molar-refractivity contribution in [3.05, 3.63) is 51.8 Å². The van der Waals surface area contributed by atoms with E-state index in [1.165, 1.54) is 12.1 Å². The summed E-state index contributed by atoms with van der Waals surface area (Å²) in [5, 5.41) is 0.395. The monoisotopic (exact) mass is 322 g/mol. The lowest BCUT2D eigenvalue weighted by atomic mass is 10.1. The van der Waals surface area contributed by atoms with Gasteiger partial charge >= 0.3 is 0 Å². The van der Waals surface area contributed by atoms with Gasteiger partial charge in [0.25, 0.3) is 5.91 Å². The fourth-order valence-electron chi connectivity index (χ4n) is 2.28. The van der Waals surface area contributed by atoms with Crippen LogP contribution >= 0.6 is 23.2 Å². The van der Waals surface area contributed by atoms with E-state index in [1.54, 1.807) is 4.90 Å². The maximum absolute atomic E-state index is 12.7. The summed E-state index contributed by atoms with van der Waals surface area (Å²) < 4.78 is 5.61. The lowest BCUT2D eigenvalue weighted by Gasteiger charge is -2.29. The number of hydrogen-bond donors (Lipinski definition) is 0. The Morgan fingerprint density at radius 2 is 1.95 bits per heavy atom. The zero-order valence-corrected chi connectivity index (χ0v) is 12.8. The molecular weight excluding hydrogens is 311 g/mol. The summed E-state index contributed by atoms with van der Waals surface area (Å²) in [4.78, 5) is 18.2. The Labute approximate surface area is 132 Å². The van der Waals surface area contributed by atoms with Crippen molar-refractivity contribution < 1.29 is 9.53 Å². The van der Waals surface area contributed by atoms with E-state index in [2.05, 4.69) is 4.98 Å². The van der Waals surface area contributed by atoms with Crippen molar-refractivity contribution in [2.45, 2.75) is 6.92 Å². The van der Waals surface area contributed by atoms with Crippen LogP contribution in [0.5, 0.6) is 5.75 Å². The fourth-order valence-corrected chi connectivity index (χ4v) is 2.74. The highest BCUT2D eigenvalue weighted by Crippen LogP contribution is 2.33. The molecule has 108 valence electrons. The zero-order valence-electron chi connectivity index (χ0n) is 11.3. The third-order valence-electron chi connectivity index (χ3n) is 3.23. The fraction of sp³-hybridized carbons (Fsp3) is 0.200. The van der Waals surface area contributed by atoms with Crippen molar-refractivity contribution in [3.8, 4) is 5.75 Å². The van der Waals surface area contributed by atoms with Gasteiger partial charge in [0.2, 0.25) is 0 Å². The van der Waals surface area contributed by atoms with Crippen LogP contribution in [-0.2, 0) is 0 Å². The molecule has 0 atom stereocenters. The highest BCUT2D eigenvalue weighted by Gasteiger charge is 2.25. The molecule has 2 heterocycles. The third-order valence-corrected chi connectivity index (χ3v) is 3.62. The minimum atomic E-state index is -0.172. The number of rotatable bonds is 1. The average Bonchev–Trinajstić information content (AvgIpc) is 2.44. The van der Waals surface area contributed by atoms with Crippen LogP contribution in [0.4, 0.5) is 5.69 Å². The first-order valence-electron chi connectivity index (χ1n) is 6.43. The molecule has 0 unspecified atom stereocenters. The molecule has 1 aliphatic heterocycles. The maximum atomic E-state index is 12.7. The van der Waals surface area contributed by atoms with Crippen molar-refractivity contribution in [1.82, 2.24) is 4.98 Å². The smallest absolute Gasteiger partial charge is 0.258 e. The number of hydrogen-bond acceptors (Lipinski definition) is 3. The van der Waals surface area contributed by atoms with Gasteiger partial charge in [-0.1, -0.05) is 29.3 Å². The highest BCUT2D eigenvalue weighted by atomic mass is 35.5. The average molecular weight is 323 g/mol. The van der Waals surface area contributed by atoms with Crippen LogP contribution in [-0.4, -0.2) is 24.0 Å². The summed E-state index contributed by atoms with van der Waals surface area (Å²) in [6.07, 6.45) is 0. The molecule has 1 aromatic carbocycles. The molecular formula is C15H12Cl2N2O2. The number of anilines is 1. The van der Waals surface area contributed by atoms with Gasteiger partial charge < -0.3 is 9.64 Å². The molecule has 0 radical (unpaired) electrons. The Balaban J connectivity index is 2.00. The minimum Gasteiger partial charge on any atom is -0.490 e. The predicted molar refractivity (Wildman–Crippen MR) is 82.6 cm³/mol. The first kappa shape index (κ1) is 14.2. The Morgan fingerprint density at radius 3 is 2.67 bits per heavy atom. The van der Waals surface area contributed by atoms with E-state index in [0.717, 1.165) is 11.3 Å². The molecule has 3 rings (SSSR count). The van der Waals surface area contributed by atoms with E-state index in [0.29, 0.717) is 24.5 Å². The summed E-state index contributed by atoms with van der Waals surface area (Å²) in [6, 6.07) is 8.77. The van der Waals surface area contributed by atoms with Crippen molar-refractivity contribution in [1.29, 1.82) is 0 Å². The zero-order chi connectivity index (χ0) is 15.0. The highest BCUT2D eigenvalue weighted by molar-refractivity contribution is 6.33. The molecule has 2 aromatic rings. The predicted octanol–water partition coefficient (Wildman–Crippen LogP) is 3.74. The van der Waals surface area contributed by atoms with Gasteiger partial charge in [0.05, 0.1) is 12.2 Å². The SMILES string of the molecule is Cc1ccc2c(c1)OCCN2C(=O)c1cc(Cl)nc(Cl)c1. The number of ether oxygens (including phenoxy) is 1. The van der Waals surface area contributed by atoms with Crippen LogP contribution < -0.4 is 9.64 Å². The summed E-state index contributed by atoms with van der Waals surface area (Å²) >= 11 is 11.7. The molecule has 0 spiro atoms. The van der Waals surface area contributed by atoms with Gasteiger partial charge in [-0.3, -0.25) is 4.79 Å². The van der Waals surface area contributed by atoms with Crippen molar-refractivity contribution in [3.63, 3.8) is 0 Å². The van der Waals surface area contributed by atoms with E-state index in [4.69, 9.17) is 27.9 Å². The maximum Gasteiger partial charge on any atom is 0.258 e. The van der Waals surface area contributed by atoms with Gasteiger partial charge in [0.15, 0.2) is 0 Å². The lowest BCUT2D eigenvalue weighted by molar-refractivity contribution is 0.0976. The van der Waals surface area contributed by atoms with E-state index in [1.807, 2.05) is 25.1 Å². The van der Waals surface area contributed by atoms with Crippen molar-refractivity contribution in [2.75, 3.05) is 18.1 Å². The molecule has 4 nitrogen and oxygen atoms in total. The number of carbonyl (C=O) groups is 1. The largest absolute Gasteiger partial charge is 0.490 e. The Bertz CT molecular complexity index is 699. The number of pyridine rings is 1. The van der Waals surface area contributed by atoms with E-state index in [-0.39, 0.29) is 16.2 Å².